The van der Waals surface area contributed by atoms with Crippen LogP contribution in [0.1, 0.15) is 5.56 Å². The van der Waals surface area contributed by atoms with Gasteiger partial charge >= 0.3 is 6.03 Å². The van der Waals surface area contributed by atoms with E-state index in [9.17, 15) is 9.59 Å². The third kappa shape index (κ3) is 2.69. The fraction of sp³-hybridized carbons (Fsp3) is 0.125. The zero-order valence-corrected chi connectivity index (χ0v) is 13.1. The number of hydrogen-bond donors (Lipinski definition) is 2. The highest BCUT2D eigenvalue weighted by molar-refractivity contribution is 9.10. The molecule has 0 radical (unpaired) electrons. The average molecular weight is 361 g/mol. The standard InChI is InChI=1S/C16H13BrN2O3/c17-12-6-8-13(9-7-12)22-10-16(11-4-2-1-3-5-11)14(20)18-15(21)19-16/h1-9H,10H2,(H2,18,19,20,21). The Labute approximate surface area is 135 Å². The fourth-order valence-corrected chi connectivity index (χ4v) is 2.59. The summed E-state index contributed by atoms with van der Waals surface area (Å²) in [6, 6.07) is 15.8. The first-order valence-electron chi connectivity index (χ1n) is 6.68. The lowest BCUT2D eigenvalue weighted by Crippen LogP contribution is -2.48. The average Bonchev–Trinajstić information content (AvgIpc) is 2.83. The quantitative estimate of drug-likeness (QED) is 0.823. The smallest absolute Gasteiger partial charge is 0.322 e. The van der Waals surface area contributed by atoms with Gasteiger partial charge in [-0.15, -0.1) is 0 Å². The summed E-state index contributed by atoms with van der Waals surface area (Å²) in [5.74, 6) is 0.202. The minimum Gasteiger partial charge on any atom is -0.490 e. The van der Waals surface area contributed by atoms with Crippen molar-refractivity contribution in [1.29, 1.82) is 0 Å². The molecule has 0 aromatic heterocycles. The second-order valence-corrected chi connectivity index (χ2v) is 5.84. The van der Waals surface area contributed by atoms with Crippen LogP contribution in [0.25, 0.3) is 0 Å². The second kappa shape index (κ2) is 5.81. The predicted octanol–water partition coefficient (Wildman–Crippen LogP) is 2.56. The van der Waals surface area contributed by atoms with Crippen molar-refractivity contribution >= 4 is 27.9 Å². The zero-order chi connectivity index (χ0) is 15.6. The molecule has 1 heterocycles. The van der Waals surface area contributed by atoms with Crippen molar-refractivity contribution in [3.8, 4) is 5.75 Å². The number of amides is 3. The van der Waals surface area contributed by atoms with Crippen LogP contribution in [0.5, 0.6) is 5.75 Å². The monoisotopic (exact) mass is 360 g/mol. The Balaban J connectivity index is 1.88. The molecular weight excluding hydrogens is 348 g/mol. The molecule has 0 aliphatic carbocycles. The number of urea groups is 1. The van der Waals surface area contributed by atoms with E-state index in [4.69, 9.17) is 4.74 Å². The van der Waals surface area contributed by atoms with Gasteiger partial charge in [-0.3, -0.25) is 10.1 Å². The molecule has 3 amide bonds. The summed E-state index contributed by atoms with van der Waals surface area (Å²) >= 11 is 3.35. The van der Waals surface area contributed by atoms with Gasteiger partial charge < -0.3 is 10.1 Å². The molecular formula is C16H13BrN2O3. The molecule has 0 bridgehead atoms. The number of hydrogen-bond acceptors (Lipinski definition) is 3. The number of rotatable bonds is 4. The van der Waals surface area contributed by atoms with Crippen molar-refractivity contribution in [2.75, 3.05) is 6.61 Å². The predicted molar refractivity (Wildman–Crippen MR) is 84.4 cm³/mol. The van der Waals surface area contributed by atoms with Crippen LogP contribution < -0.4 is 15.4 Å². The van der Waals surface area contributed by atoms with E-state index in [-0.39, 0.29) is 6.61 Å². The summed E-state index contributed by atoms with van der Waals surface area (Å²) < 4.78 is 6.66. The topological polar surface area (TPSA) is 67.4 Å². The SMILES string of the molecule is O=C1NC(=O)C(COc2ccc(Br)cc2)(c2ccccc2)N1. The fourth-order valence-electron chi connectivity index (χ4n) is 2.32. The molecule has 1 saturated heterocycles. The van der Waals surface area contributed by atoms with E-state index in [1.807, 2.05) is 30.3 Å². The molecule has 2 aromatic rings. The molecule has 2 aromatic carbocycles. The van der Waals surface area contributed by atoms with Gasteiger partial charge in [0.1, 0.15) is 12.4 Å². The van der Waals surface area contributed by atoms with E-state index >= 15 is 0 Å². The number of carbonyl (C=O) groups excluding carboxylic acids is 2. The molecule has 3 rings (SSSR count). The molecule has 6 heteroatoms. The highest BCUT2D eigenvalue weighted by Crippen LogP contribution is 2.26. The lowest BCUT2D eigenvalue weighted by atomic mass is 9.91. The summed E-state index contributed by atoms with van der Waals surface area (Å²) in [7, 11) is 0. The number of benzene rings is 2. The summed E-state index contributed by atoms with van der Waals surface area (Å²) in [5, 5.41) is 4.96. The van der Waals surface area contributed by atoms with Crippen molar-refractivity contribution in [1.82, 2.24) is 10.6 Å². The minimum absolute atomic E-state index is 0.0101. The first kappa shape index (κ1) is 14.6. The largest absolute Gasteiger partial charge is 0.490 e. The Morgan fingerprint density at radius 3 is 2.27 bits per heavy atom. The lowest BCUT2D eigenvalue weighted by Gasteiger charge is -2.26. The third-order valence-electron chi connectivity index (χ3n) is 3.48. The molecule has 2 N–H and O–H groups in total. The maximum Gasteiger partial charge on any atom is 0.322 e. The van der Waals surface area contributed by atoms with Crippen molar-refractivity contribution in [3.05, 3.63) is 64.6 Å². The van der Waals surface area contributed by atoms with Crippen LogP contribution in [-0.4, -0.2) is 18.5 Å². The van der Waals surface area contributed by atoms with Gasteiger partial charge in [0, 0.05) is 4.47 Å². The number of ether oxygens (including phenoxy) is 1. The van der Waals surface area contributed by atoms with E-state index in [1.165, 1.54) is 0 Å². The number of halogens is 1. The minimum atomic E-state index is -1.22. The molecule has 1 atom stereocenters. The molecule has 1 aliphatic heterocycles. The summed E-state index contributed by atoms with van der Waals surface area (Å²) in [4.78, 5) is 23.9. The zero-order valence-electron chi connectivity index (χ0n) is 11.5. The van der Waals surface area contributed by atoms with Gasteiger partial charge in [-0.25, -0.2) is 4.79 Å². The van der Waals surface area contributed by atoms with E-state index in [0.717, 1.165) is 4.47 Å². The summed E-state index contributed by atoms with van der Waals surface area (Å²) in [6.45, 7) is 0.0101. The molecule has 112 valence electrons. The molecule has 0 spiro atoms. The first-order chi connectivity index (χ1) is 10.6. The summed E-state index contributed by atoms with van der Waals surface area (Å²) in [5.41, 5.74) is -0.540. The Hall–Kier alpha value is -2.34. The van der Waals surface area contributed by atoms with E-state index < -0.39 is 17.5 Å². The van der Waals surface area contributed by atoms with E-state index in [2.05, 4.69) is 26.6 Å². The van der Waals surface area contributed by atoms with Crippen LogP contribution in [0, 0.1) is 0 Å². The first-order valence-corrected chi connectivity index (χ1v) is 7.47. The van der Waals surface area contributed by atoms with Crippen molar-refractivity contribution in [3.63, 3.8) is 0 Å². The Morgan fingerprint density at radius 1 is 1.00 bits per heavy atom. The highest BCUT2D eigenvalue weighted by Gasteiger charge is 2.48. The Bertz CT molecular complexity index is 703. The van der Waals surface area contributed by atoms with E-state index in [1.54, 1.807) is 24.3 Å². The molecule has 22 heavy (non-hydrogen) atoms. The number of nitrogens with one attached hydrogen (secondary N) is 2. The maximum absolute atomic E-state index is 12.3. The van der Waals surface area contributed by atoms with Gasteiger partial charge in [-0.2, -0.15) is 0 Å². The van der Waals surface area contributed by atoms with Gasteiger partial charge in [-0.05, 0) is 29.8 Å². The highest BCUT2D eigenvalue weighted by atomic mass is 79.9. The Morgan fingerprint density at radius 2 is 1.68 bits per heavy atom. The van der Waals surface area contributed by atoms with Crippen LogP contribution in [0.4, 0.5) is 4.79 Å². The lowest BCUT2D eigenvalue weighted by molar-refractivity contribution is -0.125. The summed E-state index contributed by atoms with van der Waals surface area (Å²) in [6.07, 6.45) is 0. The van der Waals surface area contributed by atoms with Crippen LogP contribution >= 0.6 is 15.9 Å². The Kier molecular flexibility index (Phi) is 3.85. The van der Waals surface area contributed by atoms with Gasteiger partial charge in [0.05, 0.1) is 0 Å². The van der Waals surface area contributed by atoms with Gasteiger partial charge in [0.15, 0.2) is 5.54 Å². The van der Waals surface area contributed by atoms with Gasteiger partial charge in [0.25, 0.3) is 5.91 Å². The van der Waals surface area contributed by atoms with Crippen molar-refractivity contribution in [2.24, 2.45) is 0 Å². The molecule has 5 nitrogen and oxygen atoms in total. The number of carbonyl (C=O) groups is 2. The third-order valence-corrected chi connectivity index (χ3v) is 4.01. The van der Waals surface area contributed by atoms with Crippen LogP contribution in [0.3, 0.4) is 0 Å². The molecule has 1 fully saturated rings. The van der Waals surface area contributed by atoms with Gasteiger partial charge in [0.2, 0.25) is 0 Å². The van der Waals surface area contributed by atoms with Gasteiger partial charge in [-0.1, -0.05) is 46.3 Å². The van der Waals surface area contributed by atoms with Crippen LogP contribution in [0.2, 0.25) is 0 Å². The van der Waals surface area contributed by atoms with Crippen molar-refractivity contribution < 1.29 is 14.3 Å². The normalized spacial score (nSPS) is 20.4. The van der Waals surface area contributed by atoms with Crippen LogP contribution in [-0.2, 0) is 10.3 Å². The number of imide groups is 1. The van der Waals surface area contributed by atoms with Crippen molar-refractivity contribution in [2.45, 2.75) is 5.54 Å². The molecule has 0 saturated carbocycles. The molecule has 1 aliphatic rings. The second-order valence-electron chi connectivity index (χ2n) is 4.92. The van der Waals surface area contributed by atoms with E-state index in [0.29, 0.717) is 11.3 Å². The maximum atomic E-state index is 12.3. The van der Waals surface area contributed by atoms with Crippen LogP contribution in [0.15, 0.2) is 59.1 Å². The molecule has 1 unspecified atom stereocenters.